The second-order valence-corrected chi connectivity index (χ2v) is 3.60. The van der Waals surface area contributed by atoms with Gasteiger partial charge in [0.2, 0.25) is 5.88 Å². The number of carbonyl (C=O) groups excluding carboxylic acids is 2. The van der Waals surface area contributed by atoms with Gasteiger partial charge in [0.15, 0.2) is 0 Å². The van der Waals surface area contributed by atoms with Crippen LogP contribution in [0.25, 0.3) is 0 Å². The van der Waals surface area contributed by atoms with Gasteiger partial charge in [0.1, 0.15) is 0 Å². The van der Waals surface area contributed by atoms with Gasteiger partial charge >= 0.3 is 11.9 Å². The minimum Gasteiger partial charge on any atom is -0.469 e. The quantitative estimate of drug-likeness (QED) is 0.727. The van der Waals surface area contributed by atoms with Gasteiger partial charge in [-0.25, -0.2) is 4.98 Å². The lowest BCUT2D eigenvalue weighted by Gasteiger charge is -2.08. The van der Waals surface area contributed by atoms with Crippen LogP contribution in [0.15, 0.2) is 24.4 Å². The average molecular weight is 237 g/mol. The molecule has 0 amide bonds. The van der Waals surface area contributed by atoms with Crippen LogP contribution < -0.4 is 4.74 Å². The van der Waals surface area contributed by atoms with Crippen LogP contribution >= 0.6 is 0 Å². The van der Waals surface area contributed by atoms with Gasteiger partial charge < -0.3 is 9.47 Å². The van der Waals surface area contributed by atoms with E-state index >= 15 is 0 Å². The molecule has 0 bridgehead atoms. The fourth-order valence-corrected chi connectivity index (χ4v) is 1.23. The van der Waals surface area contributed by atoms with Gasteiger partial charge in [0, 0.05) is 18.7 Å². The maximum atomic E-state index is 11.4. The van der Waals surface area contributed by atoms with Gasteiger partial charge in [-0.1, -0.05) is 13.0 Å². The number of methoxy groups -OCH3 is 1. The molecule has 0 saturated heterocycles. The summed E-state index contributed by atoms with van der Waals surface area (Å²) in [6.45, 7) is 1.71. The highest BCUT2D eigenvalue weighted by molar-refractivity contribution is 5.75. The zero-order chi connectivity index (χ0) is 12.7. The standard InChI is InChI=1S/C12H15NO4/c1-9(12(15)16-2)6-7-11(14)17-10-5-3-4-8-13-10/h3-5,8-9H,6-7H2,1-2H3/t9-/m0/s1. The predicted molar refractivity (Wildman–Crippen MR) is 60.3 cm³/mol. The van der Waals surface area contributed by atoms with E-state index in [9.17, 15) is 9.59 Å². The van der Waals surface area contributed by atoms with Crippen molar-refractivity contribution in [3.05, 3.63) is 24.4 Å². The van der Waals surface area contributed by atoms with E-state index in [-0.39, 0.29) is 24.2 Å². The molecule has 0 N–H and O–H groups in total. The molecule has 1 atom stereocenters. The number of aromatic nitrogens is 1. The second-order valence-electron chi connectivity index (χ2n) is 3.60. The number of nitrogens with zero attached hydrogens (tertiary/aromatic N) is 1. The Morgan fingerprint density at radius 2 is 2.18 bits per heavy atom. The number of hydrogen-bond acceptors (Lipinski definition) is 5. The van der Waals surface area contributed by atoms with Crippen LogP contribution in [0.4, 0.5) is 0 Å². The van der Waals surface area contributed by atoms with Crippen molar-refractivity contribution in [3.8, 4) is 5.88 Å². The van der Waals surface area contributed by atoms with Gasteiger partial charge in [-0.2, -0.15) is 0 Å². The van der Waals surface area contributed by atoms with Crippen molar-refractivity contribution in [2.45, 2.75) is 19.8 Å². The molecular weight excluding hydrogens is 222 g/mol. The number of rotatable bonds is 5. The third-order valence-electron chi connectivity index (χ3n) is 2.24. The second kappa shape index (κ2) is 6.62. The van der Waals surface area contributed by atoms with Crippen molar-refractivity contribution < 1.29 is 19.1 Å². The van der Waals surface area contributed by atoms with Crippen molar-refractivity contribution >= 4 is 11.9 Å². The Bertz CT molecular complexity index is 377. The zero-order valence-electron chi connectivity index (χ0n) is 9.88. The molecule has 0 unspecified atom stereocenters. The molecule has 0 radical (unpaired) electrons. The van der Waals surface area contributed by atoms with E-state index in [4.69, 9.17) is 4.74 Å². The van der Waals surface area contributed by atoms with E-state index < -0.39 is 5.97 Å². The molecule has 5 heteroatoms. The summed E-state index contributed by atoms with van der Waals surface area (Å²) < 4.78 is 9.54. The topological polar surface area (TPSA) is 65.5 Å². The maximum Gasteiger partial charge on any atom is 0.312 e. The first-order chi connectivity index (χ1) is 8.13. The predicted octanol–water partition coefficient (Wildman–Crippen LogP) is 1.58. The third kappa shape index (κ3) is 4.63. The zero-order valence-corrected chi connectivity index (χ0v) is 9.88. The van der Waals surface area contributed by atoms with Crippen LogP contribution in [0.1, 0.15) is 19.8 Å². The van der Waals surface area contributed by atoms with Gasteiger partial charge in [-0.05, 0) is 12.5 Å². The van der Waals surface area contributed by atoms with Crippen LogP contribution in [-0.4, -0.2) is 24.0 Å². The highest BCUT2D eigenvalue weighted by atomic mass is 16.5. The van der Waals surface area contributed by atoms with E-state index in [0.29, 0.717) is 6.42 Å². The number of esters is 2. The number of carbonyl (C=O) groups is 2. The molecule has 1 aromatic rings. The normalized spacial score (nSPS) is 11.6. The van der Waals surface area contributed by atoms with E-state index in [1.807, 2.05) is 0 Å². The van der Waals surface area contributed by atoms with Crippen LogP contribution in [0, 0.1) is 5.92 Å². The molecule has 1 heterocycles. The molecule has 0 aliphatic carbocycles. The highest BCUT2D eigenvalue weighted by Gasteiger charge is 2.15. The summed E-state index contributed by atoms with van der Waals surface area (Å²) in [5.41, 5.74) is 0. The molecule has 1 aromatic heterocycles. The summed E-state index contributed by atoms with van der Waals surface area (Å²) in [5.74, 6) is -0.769. The number of ether oxygens (including phenoxy) is 2. The molecule has 92 valence electrons. The van der Waals surface area contributed by atoms with Crippen molar-refractivity contribution in [3.63, 3.8) is 0 Å². The highest BCUT2D eigenvalue weighted by Crippen LogP contribution is 2.10. The summed E-state index contributed by atoms with van der Waals surface area (Å²) >= 11 is 0. The van der Waals surface area contributed by atoms with Gasteiger partial charge in [0.25, 0.3) is 0 Å². The maximum absolute atomic E-state index is 11.4. The molecule has 1 rings (SSSR count). The van der Waals surface area contributed by atoms with Crippen molar-refractivity contribution in [2.24, 2.45) is 5.92 Å². The molecule has 17 heavy (non-hydrogen) atoms. The molecule has 0 aliphatic rings. The summed E-state index contributed by atoms with van der Waals surface area (Å²) in [5, 5.41) is 0. The Morgan fingerprint density at radius 1 is 1.41 bits per heavy atom. The third-order valence-corrected chi connectivity index (χ3v) is 2.24. The van der Waals surface area contributed by atoms with Gasteiger partial charge in [-0.3, -0.25) is 9.59 Å². The fourth-order valence-electron chi connectivity index (χ4n) is 1.23. The summed E-state index contributed by atoms with van der Waals surface area (Å²) in [7, 11) is 1.32. The lowest BCUT2D eigenvalue weighted by atomic mass is 10.1. The Kier molecular flexibility index (Phi) is 5.13. The molecular formula is C12H15NO4. The molecule has 0 saturated carbocycles. The van der Waals surface area contributed by atoms with E-state index in [2.05, 4.69) is 9.72 Å². The molecule has 0 aliphatic heterocycles. The minimum atomic E-state index is -0.403. The van der Waals surface area contributed by atoms with Gasteiger partial charge in [-0.15, -0.1) is 0 Å². The number of pyridine rings is 1. The first-order valence-corrected chi connectivity index (χ1v) is 5.33. The van der Waals surface area contributed by atoms with Crippen molar-refractivity contribution in [1.29, 1.82) is 0 Å². The number of hydrogen-bond donors (Lipinski definition) is 0. The summed E-state index contributed by atoms with van der Waals surface area (Å²) in [6.07, 6.45) is 2.10. The van der Waals surface area contributed by atoms with Crippen LogP contribution in [0.3, 0.4) is 0 Å². The molecule has 0 spiro atoms. The summed E-state index contributed by atoms with van der Waals surface area (Å²) in [4.78, 5) is 26.4. The first kappa shape index (κ1) is 13.2. The molecule has 0 aromatic carbocycles. The summed E-state index contributed by atoms with van der Waals surface area (Å²) in [6, 6.07) is 5.06. The smallest absolute Gasteiger partial charge is 0.312 e. The minimum absolute atomic E-state index is 0.160. The first-order valence-electron chi connectivity index (χ1n) is 5.33. The van der Waals surface area contributed by atoms with Crippen LogP contribution in [0.2, 0.25) is 0 Å². The molecule has 5 nitrogen and oxygen atoms in total. The van der Waals surface area contributed by atoms with Crippen LogP contribution in [-0.2, 0) is 14.3 Å². The Labute approximate surface area is 99.8 Å². The molecule has 0 fully saturated rings. The van der Waals surface area contributed by atoms with Crippen molar-refractivity contribution in [2.75, 3.05) is 7.11 Å². The van der Waals surface area contributed by atoms with E-state index in [1.54, 1.807) is 31.3 Å². The Hall–Kier alpha value is -1.91. The SMILES string of the molecule is COC(=O)[C@@H](C)CCC(=O)Oc1ccccn1. The Morgan fingerprint density at radius 3 is 2.76 bits per heavy atom. The van der Waals surface area contributed by atoms with E-state index in [0.717, 1.165) is 0 Å². The van der Waals surface area contributed by atoms with Gasteiger partial charge in [0.05, 0.1) is 13.0 Å². The fraction of sp³-hybridized carbons (Fsp3) is 0.417. The average Bonchev–Trinajstić information content (AvgIpc) is 2.36. The Balaban J connectivity index is 2.33. The monoisotopic (exact) mass is 237 g/mol. The van der Waals surface area contributed by atoms with Crippen molar-refractivity contribution in [1.82, 2.24) is 4.98 Å². The lowest BCUT2D eigenvalue weighted by molar-refractivity contribution is -0.145. The van der Waals surface area contributed by atoms with Crippen LogP contribution in [0.5, 0.6) is 5.88 Å². The lowest BCUT2D eigenvalue weighted by Crippen LogP contribution is -2.16. The largest absolute Gasteiger partial charge is 0.469 e. The van der Waals surface area contributed by atoms with E-state index in [1.165, 1.54) is 7.11 Å².